The number of morpholine rings is 1. The summed E-state index contributed by atoms with van der Waals surface area (Å²) >= 11 is 4.68. The molecule has 2 aliphatic rings. The summed E-state index contributed by atoms with van der Waals surface area (Å²) in [6.07, 6.45) is 0.224. The molecule has 0 aliphatic carbocycles. The van der Waals surface area contributed by atoms with Crippen molar-refractivity contribution >= 4 is 62.1 Å². The lowest BCUT2D eigenvalue weighted by atomic mass is 10.2. The van der Waals surface area contributed by atoms with Crippen LogP contribution in [-0.2, 0) is 14.3 Å². The first-order valence-corrected chi connectivity index (χ1v) is 10.7. The fourth-order valence-electron chi connectivity index (χ4n) is 3.48. The Hall–Kier alpha value is -2.43. The SMILES string of the molecule is Nc1cc(N2C[C@H](NC(=O)c3ccc(Br)s3)CC2=O)ccc1N1CCOCC1=O. The topological polar surface area (TPSA) is 105 Å². The highest BCUT2D eigenvalue weighted by Gasteiger charge is 2.32. The van der Waals surface area contributed by atoms with Crippen LogP contribution in [0.3, 0.4) is 0 Å². The number of nitrogen functional groups attached to an aromatic ring is 1. The molecule has 0 spiro atoms. The van der Waals surface area contributed by atoms with Crippen molar-refractivity contribution in [2.24, 2.45) is 0 Å². The van der Waals surface area contributed by atoms with Gasteiger partial charge in [0.1, 0.15) is 6.61 Å². The van der Waals surface area contributed by atoms with Crippen LogP contribution in [0, 0.1) is 0 Å². The number of nitrogens with two attached hydrogens (primary N) is 1. The van der Waals surface area contributed by atoms with E-state index in [4.69, 9.17) is 10.5 Å². The monoisotopic (exact) mass is 478 g/mol. The van der Waals surface area contributed by atoms with Crippen LogP contribution in [0.1, 0.15) is 16.1 Å². The highest BCUT2D eigenvalue weighted by molar-refractivity contribution is 9.11. The second-order valence-corrected chi connectivity index (χ2v) is 9.29. The molecule has 0 unspecified atom stereocenters. The molecule has 3 N–H and O–H groups in total. The standard InChI is InChI=1S/C19H19BrN4O4S/c20-16-4-3-15(29-16)19(27)22-11-7-17(25)24(9-11)12-1-2-14(13(21)8-12)23-5-6-28-10-18(23)26/h1-4,8,11H,5-7,9-10,21H2,(H,22,27)/t11-/m1/s1. The number of halogens is 1. The second kappa shape index (κ2) is 8.13. The van der Waals surface area contributed by atoms with Gasteiger partial charge in [0.05, 0.1) is 32.7 Å². The van der Waals surface area contributed by atoms with Crippen LogP contribution in [0.5, 0.6) is 0 Å². The zero-order valence-corrected chi connectivity index (χ0v) is 17.8. The lowest BCUT2D eigenvalue weighted by Gasteiger charge is -2.28. The minimum absolute atomic E-state index is 0.0357. The second-order valence-electron chi connectivity index (χ2n) is 6.82. The summed E-state index contributed by atoms with van der Waals surface area (Å²) in [5, 5.41) is 2.91. The van der Waals surface area contributed by atoms with Gasteiger partial charge in [-0.1, -0.05) is 0 Å². The van der Waals surface area contributed by atoms with Crippen LogP contribution >= 0.6 is 27.3 Å². The number of hydrogen-bond acceptors (Lipinski definition) is 6. The molecule has 3 heterocycles. The van der Waals surface area contributed by atoms with E-state index in [9.17, 15) is 14.4 Å². The van der Waals surface area contributed by atoms with Crippen LogP contribution in [0.4, 0.5) is 17.1 Å². The fourth-order valence-corrected chi connectivity index (χ4v) is 4.76. The van der Waals surface area contributed by atoms with E-state index in [2.05, 4.69) is 21.2 Å². The summed E-state index contributed by atoms with van der Waals surface area (Å²) in [6, 6.07) is 8.48. The first-order valence-electron chi connectivity index (χ1n) is 9.06. The Labute approximate surface area is 179 Å². The van der Waals surface area contributed by atoms with Crippen molar-refractivity contribution in [1.29, 1.82) is 0 Å². The van der Waals surface area contributed by atoms with Crippen LogP contribution in [-0.4, -0.2) is 50.1 Å². The van der Waals surface area contributed by atoms with Gasteiger partial charge in [0.15, 0.2) is 0 Å². The van der Waals surface area contributed by atoms with Crippen molar-refractivity contribution in [2.45, 2.75) is 12.5 Å². The predicted molar refractivity (Wildman–Crippen MR) is 114 cm³/mol. The summed E-state index contributed by atoms with van der Waals surface area (Å²) in [4.78, 5) is 40.7. The van der Waals surface area contributed by atoms with Crippen molar-refractivity contribution < 1.29 is 19.1 Å². The maximum Gasteiger partial charge on any atom is 0.261 e. The number of nitrogens with one attached hydrogen (secondary N) is 1. The van der Waals surface area contributed by atoms with Gasteiger partial charge in [-0.2, -0.15) is 0 Å². The van der Waals surface area contributed by atoms with Crippen LogP contribution < -0.4 is 20.9 Å². The van der Waals surface area contributed by atoms with Crippen molar-refractivity contribution in [2.75, 3.05) is 41.8 Å². The van der Waals surface area contributed by atoms with E-state index in [1.54, 1.807) is 34.1 Å². The summed E-state index contributed by atoms with van der Waals surface area (Å²) in [5.74, 6) is -0.422. The lowest BCUT2D eigenvalue weighted by Crippen LogP contribution is -2.42. The number of rotatable bonds is 4. The van der Waals surface area contributed by atoms with Crippen LogP contribution in [0.2, 0.25) is 0 Å². The number of carbonyl (C=O) groups excluding carboxylic acids is 3. The van der Waals surface area contributed by atoms with Crippen molar-refractivity contribution in [3.05, 3.63) is 39.0 Å². The van der Waals surface area contributed by atoms with E-state index in [0.717, 1.165) is 3.79 Å². The maximum atomic E-state index is 12.5. The third kappa shape index (κ3) is 4.14. The maximum absolute atomic E-state index is 12.5. The van der Waals surface area contributed by atoms with E-state index in [1.807, 2.05) is 6.07 Å². The molecule has 3 amide bonds. The molecule has 8 nitrogen and oxygen atoms in total. The average Bonchev–Trinajstić information content (AvgIpc) is 3.28. The fraction of sp³-hybridized carbons (Fsp3) is 0.316. The van der Waals surface area contributed by atoms with Gasteiger partial charge in [-0.15, -0.1) is 11.3 Å². The van der Waals surface area contributed by atoms with Gasteiger partial charge in [0.2, 0.25) is 5.91 Å². The number of benzene rings is 1. The molecule has 152 valence electrons. The summed E-state index contributed by atoms with van der Waals surface area (Å²) in [6.45, 7) is 1.30. The third-order valence-corrected chi connectivity index (χ3v) is 6.48. The normalized spacial score (nSPS) is 19.7. The van der Waals surface area contributed by atoms with Gasteiger partial charge in [-0.25, -0.2) is 0 Å². The zero-order chi connectivity index (χ0) is 20.5. The minimum Gasteiger partial charge on any atom is -0.397 e. The van der Waals surface area contributed by atoms with Crippen molar-refractivity contribution in [3.8, 4) is 0 Å². The molecule has 2 aliphatic heterocycles. The predicted octanol–water partition coefficient (Wildman–Crippen LogP) is 1.99. The molecule has 0 saturated carbocycles. The smallest absolute Gasteiger partial charge is 0.261 e. The Morgan fingerprint density at radius 2 is 2.03 bits per heavy atom. The molecule has 1 atom stereocenters. The van der Waals surface area contributed by atoms with E-state index >= 15 is 0 Å². The molecular formula is C19H19BrN4O4S. The van der Waals surface area contributed by atoms with E-state index in [1.165, 1.54) is 11.3 Å². The number of thiophene rings is 1. The Morgan fingerprint density at radius 3 is 2.72 bits per heavy atom. The average molecular weight is 479 g/mol. The first kappa shape index (κ1) is 19.9. The van der Waals surface area contributed by atoms with E-state index < -0.39 is 0 Å². The summed E-state index contributed by atoms with van der Waals surface area (Å²) < 4.78 is 6.02. The highest BCUT2D eigenvalue weighted by atomic mass is 79.9. The minimum atomic E-state index is -0.280. The third-order valence-electron chi connectivity index (χ3n) is 4.86. The zero-order valence-electron chi connectivity index (χ0n) is 15.4. The number of amides is 3. The molecule has 2 aromatic rings. The molecular weight excluding hydrogens is 460 g/mol. The van der Waals surface area contributed by atoms with Gasteiger partial charge >= 0.3 is 0 Å². The van der Waals surface area contributed by atoms with Gasteiger partial charge in [0.25, 0.3) is 11.8 Å². The van der Waals surface area contributed by atoms with Gasteiger partial charge in [-0.3, -0.25) is 14.4 Å². The Morgan fingerprint density at radius 1 is 1.21 bits per heavy atom. The number of ether oxygens (including phenoxy) is 1. The van der Waals surface area contributed by atoms with Gasteiger partial charge in [-0.05, 0) is 46.3 Å². The lowest BCUT2D eigenvalue weighted by molar-refractivity contribution is -0.125. The van der Waals surface area contributed by atoms with E-state index in [0.29, 0.717) is 41.6 Å². The molecule has 1 aromatic carbocycles. The quantitative estimate of drug-likeness (QED) is 0.653. The highest BCUT2D eigenvalue weighted by Crippen LogP contribution is 2.31. The van der Waals surface area contributed by atoms with Crippen LogP contribution in [0.25, 0.3) is 0 Å². The number of carbonyl (C=O) groups is 3. The molecule has 0 bridgehead atoms. The summed E-state index contributed by atoms with van der Waals surface area (Å²) in [7, 11) is 0. The Balaban J connectivity index is 1.46. The van der Waals surface area contributed by atoms with Crippen molar-refractivity contribution in [3.63, 3.8) is 0 Å². The molecule has 0 radical (unpaired) electrons. The molecule has 29 heavy (non-hydrogen) atoms. The summed E-state index contributed by atoms with van der Waals surface area (Å²) in [5.41, 5.74) is 7.85. The largest absolute Gasteiger partial charge is 0.397 e. The molecule has 10 heteroatoms. The number of hydrogen-bond donors (Lipinski definition) is 2. The molecule has 1 aromatic heterocycles. The van der Waals surface area contributed by atoms with E-state index in [-0.39, 0.29) is 36.8 Å². The Bertz CT molecular complexity index is 979. The molecule has 4 rings (SSSR count). The molecule has 2 fully saturated rings. The van der Waals surface area contributed by atoms with Gasteiger partial charge < -0.3 is 25.6 Å². The van der Waals surface area contributed by atoms with Gasteiger partial charge in [0, 0.05) is 25.2 Å². The number of nitrogens with zero attached hydrogens (tertiary/aromatic N) is 2. The van der Waals surface area contributed by atoms with Crippen molar-refractivity contribution in [1.82, 2.24) is 5.32 Å². The van der Waals surface area contributed by atoms with Crippen LogP contribution in [0.15, 0.2) is 34.1 Å². The first-order chi connectivity index (χ1) is 13.9. The Kier molecular flexibility index (Phi) is 5.57. The number of anilines is 3. The molecule has 2 saturated heterocycles.